The molecule has 3 aromatic rings. The minimum Gasteiger partial charge on any atom is -0.350 e. The van der Waals surface area contributed by atoms with Crippen LogP contribution in [0, 0.1) is 25.2 Å². The smallest absolute Gasteiger partial charge is 0.171 e. The molecule has 0 spiro atoms. The van der Waals surface area contributed by atoms with Crippen LogP contribution in [0.4, 0.5) is 11.5 Å². The van der Waals surface area contributed by atoms with E-state index in [4.69, 9.17) is 0 Å². The van der Waals surface area contributed by atoms with Crippen LogP contribution in [-0.4, -0.2) is 14.8 Å². The molecule has 104 valence electrons. The van der Waals surface area contributed by atoms with Gasteiger partial charge in [0.15, 0.2) is 5.82 Å². The van der Waals surface area contributed by atoms with Gasteiger partial charge in [0.25, 0.3) is 0 Å². The molecule has 0 saturated heterocycles. The van der Waals surface area contributed by atoms with Gasteiger partial charge in [0.1, 0.15) is 11.6 Å². The highest BCUT2D eigenvalue weighted by Crippen LogP contribution is 2.24. The number of nitrogens with zero attached hydrogens (tertiary/aromatic N) is 4. The van der Waals surface area contributed by atoms with Crippen molar-refractivity contribution in [2.24, 2.45) is 7.05 Å². The van der Waals surface area contributed by atoms with Gasteiger partial charge in [0.05, 0.1) is 5.69 Å². The molecule has 0 amide bonds. The van der Waals surface area contributed by atoms with E-state index in [-0.39, 0.29) is 0 Å². The summed E-state index contributed by atoms with van der Waals surface area (Å²) in [5, 5.41) is 21.9. The maximum Gasteiger partial charge on any atom is 0.171 e. The fourth-order valence-electron chi connectivity index (χ4n) is 2.31. The van der Waals surface area contributed by atoms with Gasteiger partial charge in [-0.05, 0) is 43.0 Å². The largest absolute Gasteiger partial charge is 0.350 e. The Kier molecular flexibility index (Phi) is 3.07. The molecule has 0 saturated carbocycles. The Balaban J connectivity index is 2.04. The first-order valence-corrected chi connectivity index (χ1v) is 6.66. The predicted octanol–water partition coefficient (Wildman–Crippen LogP) is 3.20. The topological polar surface area (TPSA) is 66.5 Å². The van der Waals surface area contributed by atoms with Gasteiger partial charge in [-0.2, -0.15) is 10.4 Å². The molecule has 5 nitrogen and oxygen atoms in total. The van der Waals surface area contributed by atoms with Gasteiger partial charge < -0.3 is 9.88 Å². The van der Waals surface area contributed by atoms with E-state index in [1.807, 2.05) is 45.3 Å². The van der Waals surface area contributed by atoms with Gasteiger partial charge in [0, 0.05) is 24.4 Å². The minimum absolute atomic E-state index is 0.495. The van der Waals surface area contributed by atoms with Crippen molar-refractivity contribution < 1.29 is 0 Å². The number of benzene rings is 1. The van der Waals surface area contributed by atoms with Gasteiger partial charge in [-0.25, -0.2) is 0 Å². The Morgan fingerprint density at radius 2 is 2.00 bits per heavy atom. The zero-order valence-corrected chi connectivity index (χ0v) is 12.2. The molecule has 0 aliphatic rings. The van der Waals surface area contributed by atoms with Gasteiger partial charge >= 0.3 is 0 Å². The van der Waals surface area contributed by atoms with Crippen molar-refractivity contribution in [1.29, 1.82) is 5.26 Å². The quantitative estimate of drug-likeness (QED) is 0.781. The summed E-state index contributed by atoms with van der Waals surface area (Å²) in [6.07, 6.45) is 2.02. The fraction of sp³-hybridized carbons (Fsp3) is 0.188. The highest BCUT2D eigenvalue weighted by Gasteiger charge is 2.11. The lowest BCUT2D eigenvalue weighted by atomic mass is 10.1. The van der Waals surface area contributed by atoms with Crippen LogP contribution in [0.15, 0.2) is 30.5 Å². The molecule has 2 aromatic heterocycles. The van der Waals surface area contributed by atoms with Crippen LogP contribution in [0.25, 0.3) is 10.9 Å². The SMILES string of the molecule is Cc1nnc(Nc2ccc3ccn(C)c3c2)c(C#N)c1C. The van der Waals surface area contributed by atoms with Crippen LogP contribution < -0.4 is 5.32 Å². The van der Waals surface area contributed by atoms with E-state index in [0.29, 0.717) is 11.4 Å². The van der Waals surface area contributed by atoms with Crippen LogP contribution in [0.2, 0.25) is 0 Å². The molecule has 0 radical (unpaired) electrons. The van der Waals surface area contributed by atoms with Gasteiger partial charge in [-0.15, -0.1) is 5.10 Å². The van der Waals surface area contributed by atoms with E-state index in [1.54, 1.807) is 0 Å². The summed E-state index contributed by atoms with van der Waals surface area (Å²) in [7, 11) is 2.00. The summed E-state index contributed by atoms with van der Waals surface area (Å²) < 4.78 is 2.05. The molecule has 0 aliphatic heterocycles. The van der Waals surface area contributed by atoms with E-state index in [1.165, 1.54) is 5.39 Å². The molecule has 0 bridgehead atoms. The molecule has 21 heavy (non-hydrogen) atoms. The van der Waals surface area contributed by atoms with Crippen molar-refractivity contribution in [3.05, 3.63) is 47.3 Å². The van der Waals surface area contributed by atoms with Crippen LogP contribution in [0.3, 0.4) is 0 Å². The Bertz CT molecular complexity index is 870. The lowest BCUT2D eigenvalue weighted by Crippen LogP contribution is -2.03. The average Bonchev–Trinajstić information content (AvgIpc) is 2.85. The highest BCUT2D eigenvalue weighted by molar-refractivity contribution is 5.84. The Morgan fingerprint density at radius 3 is 2.76 bits per heavy atom. The summed E-state index contributed by atoms with van der Waals surface area (Å²) in [6.45, 7) is 3.73. The normalized spacial score (nSPS) is 10.6. The molecule has 3 rings (SSSR count). The number of hydrogen-bond donors (Lipinski definition) is 1. The zero-order chi connectivity index (χ0) is 15.0. The lowest BCUT2D eigenvalue weighted by molar-refractivity contribution is 0.959. The van der Waals surface area contributed by atoms with Crippen molar-refractivity contribution >= 4 is 22.4 Å². The zero-order valence-electron chi connectivity index (χ0n) is 12.2. The fourth-order valence-corrected chi connectivity index (χ4v) is 2.31. The average molecular weight is 277 g/mol. The second-order valence-corrected chi connectivity index (χ2v) is 5.07. The lowest BCUT2D eigenvalue weighted by Gasteiger charge is -2.10. The summed E-state index contributed by atoms with van der Waals surface area (Å²) in [6, 6.07) is 10.3. The first kappa shape index (κ1) is 13.1. The van der Waals surface area contributed by atoms with Crippen LogP contribution >= 0.6 is 0 Å². The minimum atomic E-state index is 0.495. The van der Waals surface area contributed by atoms with E-state index < -0.39 is 0 Å². The van der Waals surface area contributed by atoms with Gasteiger partial charge in [-0.1, -0.05) is 6.07 Å². The third kappa shape index (κ3) is 2.21. The molecule has 0 aliphatic carbocycles. The van der Waals surface area contributed by atoms with Crippen molar-refractivity contribution in [3.63, 3.8) is 0 Å². The molecule has 0 atom stereocenters. The number of fused-ring (bicyclic) bond motifs is 1. The molecular formula is C16H15N5. The molecular weight excluding hydrogens is 262 g/mol. The first-order chi connectivity index (χ1) is 10.1. The molecule has 2 heterocycles. The van der Waals surface area contributed by atoms with E-state index >= 15 is 0 Å². The van der Waals surface area contributed by atoms with Crippen LogP contribution in [0.1, 0.15) is 16.8 Å². The molecule has 0 unspecified atom stereocenters. The summed E-state index contributed by atoms with van der Waals surface area (Å²) in [5.41, 5.74) is 4.17. The Morgan fingerprint density at radius 1 is 1.19 bits per heavy atom. The molecule has 1 N–H and O–H groups in total. The van der Waals surface area contributed by atoms with Crippen molar-refractivity contribution in [1.82, 2.24) is 14.8 Å². The third-order valence-electron chi connectivity index (χ3n) is 3.72. The molecule has 0 fully saturated rings. The number of rotatable bonds is 2. The van der Waals surface area contributed by atoms with E-state index in [2.05, 4.69) is 32.2 Å². The summed E-state index contributed by atoms with van der Waals surface area (Å²) >= 11 is 0. The highest BCUT2D eigenvalue weighted by atomic mass is 15.2. The number of anilines is 2. The maximum absolute atomic E-state index is 9.32. The van der Waals surface area contributed by atoms with Crippen LogP contribution in [0.5, 0.6) is 0 Å². The Hall–Kier alpha value is -2.87. The van der Waals surface area contributed by atoms with E-state index in [0.717, 1.165) is 22.5 Å². The number of aromatic nitrogens is 3. The van der Waals surface area contributed by atoms with Crippen molar-refractivity contribution in [3.8, 4) is 6.07 Å². The number of nitriles is 1. The second kappa shape index (κ2) is 4.91. The van der Waals surface area contributed by atoms with E-state index in [9.17, 15) is 5.26 Å². The predicted molar refractivity (Wildman–Crippen MR) is 82.4 cm³/mol. The van der Waals surface area contributed by atoms with Gasteiger partial charge in [-0.3, -0.25) is 0 Å². The van der Waals surface area contributed by atoms with Crippen LogP contribution in [-0.2, 0) is 7.05 Å². The Labute approximate surface area is 122 Å². The van der Waals surface area contributed by atoms with Gasteiger partial charge in [0.2, 0.25) is 0 Å². The first-order valence-electron chi connectivity index (χ1n) is 6.66. The monoisotopic (exact) mass is 277 g/mol. The summed E-state index contributed by atoms with van der Waals surface area (Å²) in [5.74, 6) is 0.495. The number of hydrogen-bond acceptors (Lipinski definition) is 4. The third-order valence-corrected chi connectivity index (χ3v) is 3.72. The molecule has 5 heteroatoms. The number of aryl methyl sites for hydroxylation is 2. The van der Waals surface area contributed by atoms with Crippen molar-refractivity contribution in [2.45, 2.75) is 13.8 Å². The maximum atomic E-state index is 9.32. The standard InChI is InChI=1S/C16H15N5/c1-10-11(2)19-20-16(14(10)9-17)18-13-5-4-12-6-7-21(3)15(12)8-13/h4-8H,1-3H3,(H,18,20). The summed E-state index contributed by atoms with van der Waals surface area (Å²) in [4.78, 5) is 0. The second-order valence-electron chi connectivity index (χ2n) is 5.07. The van der Waals surface area contributed by atoms with Crippen molar-refractivity contribution in [2.75, 3.05) is 5.32 Å². The number of nitrogens with one attached hydrogen (secondary N) is 1. The molecule has 1 aromatic carbocycles.